The van der Waals surface area contributed by atoms with E-state index in [2.05, 4.69) is 6.58 Å². The zero-order valence-electron chi connectivity index (χ0n) is 23.4. The van der Waals surface area contributed by atoms with E-state index in [9.17, 15) is 14.4 Å². The summed E-state index contributed by atoms with van der Waals surface area (Å²) < 4.78 is 18.4. The maximum Gasteiger partial charge on any atom is 0.338 e. The van der Waals surface area contributed by atoms with E-state index in [1.54, 1.807) is 43.2 Å². The van der Waals surface area contributed by atoms with Gasteiger partial charge in [-0.3, -0.25) is 14.2 Å². The van der Waals surface area contributed by atoms with Crippen LogP contribution in [-0.4, -0.2) is 43.8 Å². The van der Waals surface area contributed by atoms with Gasteiger partial charge in [0.25, 0.3) is 11.5 Å². The molecular weight excluding hydrogens is 542 g/mol. The third-order valence-electron chi connectivity index (χ3n) is 7.06. The molecule has 0 radical (unpaired) electrons. The molecule has 2 aromatic carbocycles. The van der Waals surface area contributed by atoms with Crippen LogP contribution in [0, 0.1) is 0 Å². The minimum Gasteiger partial charge on any atom is -0.497 e. The summed E-state index contributed by atoms with van der Waals surface area (Å²) in [6.07, 6.45) is 2.85. The molecule has 3 aromatic rings. The number of benzene rings is 2. The molecular formula is C31H31N3O6S. The van der Waals surface area contributed by atoms with Crippen molar-refractivity contribution in [2.24, 2.45) is 4.99 Å². The Morgan fingerprint density at radius 3 is 2.59 bits per heavy atom. The minimum atomic E-state index is -0.915. The number of ether oxygens (including phenoxy) is 3. The molecule has 0 aliphatic carbocycles. The molecule has 1 aromatic heterocycles. The average molecular weight is 574 g/mol. The summed E-state index contributed by atoms with van der Waals surface area (Å²) in [6, 6.07) is 11.7. The second-order valence-electron chi connectivity index (χ2n) is 9.44. The lowest BCUT2D eigenvalue weighted by molar-refractivity contribution is -0.139. The number of esters is 1. The molecule has 2 aliphatic heterocycles. The van der Waals surface area contributed by atoms with Crippen LogP contribution in [0.25, 0.3) is 5.57 Å². The Bertz CT molecular complexity index is 1770. The number of fused-ring (bicyclic) bond motifs is 2. The lowest BCUT2D eigenvalue weighted by atomic mass is 9.93. The van der Waals surface area contributed by atoms with Crippen LogP contribution >= 0.6 is 11.3 Å². The first kappa shape index (κ1) is 28.1. The van der Waals surface area contributed by atoms with Crippen LogP contribution in [0.2, 0.25) is 0 Å². The Morgan fingerprint density at radius 2 is 1.90 bits per heavy atom. The van der Waals surface area contributed by atoms with E-state index in [0.717, 1.165) is 11.3 Å². The van der Waals surface area contributed by atoms with Gasteiger partial charge >= 0.3 is 5.97 Å². The fourth-order valence-electron chi connectivity index (χ4n) is 5.33. The molecule has 0 N–H and O–H groups in total. The van der Waals surface area contributed by atoms with E-state index >= 15 is 0 Å². The maximum absolute atomic E-state index is 14.4. The van der Waals surface area contributed by atoms with Crippen molar-refractivity contribution in [2.45, 2.75) is 32.7 Å². The van der Waals surface area contributed by atoms with E-state index in [-0.39, 0.29) is 22.6 Å². The molecule has 0 saturated heterocycles. The summed E-state index contributed by atoms with van der Waals surface area (Å²) in [7, 11) is 3.07. The second kappa shape index (κ2) is 11.6. The first-order valence-electron chi connectivity index (χ1n) is 13.4. The van der Waals surface area contributed by atoms with Crippen molar-refractivity contribution in [1.82, 2.24) is 4.57 Å². The molecule has 1 amide bonds. The SMILES string of the molecule is C=CCN1C(=O)/C(=c2\sc3n(c2=O)[C@@H](c2cc(OC)ccc2OC)C(C(=O)OCC)=C(CCC)N=3)c2ccccc21. The van der Waals surface area contributed by atoms with Crippen molar-refractivity contribution < 1.29 is 23.8 Å². The summed E-state index contributed by atoms with van der Waals surface area (Å²) in [5, 5.41) is 0. The van der Waals surface area contributed by atoms with E-state index in [1.165, 1.54) is 11.7 Å². The van der Waals surface area contributed by atoms with Crippen LogP contribution in [-0.2, 0) is 14.3 Å². The number of hydrogen-bond acceptors (Lipinski definition) is 8. The molecule has 0 fully saturated rings. The minimum absolute atomic E-state index is 0.155. The van der Waals surface area contributed by atoms with Crippen LogP contribution in [0.15, 0.2) is 76.2 Å². The van der Waals surface area contributed by atoms with Gasteiger partial charge in [0.05, 0.1) is 43.4 Å². The van der Waals surface area contributed by atoms with Gasteiger partial charge in [-0.2, -0.15) is 0 Å². The molecule has 0 saturated carbocycles. The fourth-order valence-corrected chi connectivity index (χ4v) is 6.44. The van der Waals surface area contributed by atoms with Crippen molar-refractivity contribution >= 4 is 34.5 Å². The molecule has 41 heavy (non-hydrogen) atoms. The van der Waals surface area contributed by atoms with Gasteiger partial charge in [0.2, 0.25) is 0 Å². The summed E-state index contributed by atoms with van der Waals surface area (Å²) in [5.74, 6) is 0.147. The number of carbonyl (C=O) groups excluding carboxylic acids is 2. The predicted octanol–water partition coefficient (Wildman–Crippen LogP) is 3.50. The van der Waals surface area contributed by atoms with E-state index in [4.69, 9.17) is 19.2 Å². The third kappa shape index (κ3) is 4.67. The van der Waals surface area contributed by atoms with Crippen LogP contribution in [0.5, 0.6) is 11.5 Å². The number of aromatic nitrogens is 1. The van der Waals surface area contributed by atoms with E-state index < -0.39 is 17.6 Å². The monoisotopic (exact) mass is 573 g/mol. The van der Waals surface area contributed by atoms with E-state index in [1.807, 2.05) is 31.2 Å². The number of anilines is 1. The fraction of sp³-hybridized carbons (Fsp3) is 0.290. The number of amides is 1. The highest BCUT2D eigenvalue weighted by molar-refractivity contribution is 7.07. The topological polar surface area (TPSA) is 99.4 Å². The lowest BCUT2D eigenvalue weighted by Gasteiger charge is -2.27. The molecule has 0 spiro atoms. The quantitative estimate of drug-likeness (QED) is 0.287. The molecule has 9 nitrogen and oxygen atoms in total. The van der Waals surface area contributed by atoms with Crippen LogP contribution in [0.3, 0.4) is 0 Å². The maximum atomic E-state index is 14.4. The molecule has 0 bridgehead atoms. The molecule has 2 aliphatic rings. The zero-order valence-corrected chi connectivity index (χ0v) is 24.2. The van der Waals surface area contributed by atoms with E-state index in [0.29, 0.717) is 63.8 Å². The van der Waals surface area contributed by atoms with Gasteiger partial charge in [-0.25, -0.2) is 9.79 Å². The van der Waals surface area contributed by atoms with Crippen molar-refractivity contribution in [3.8, 4) is 11.5 Å². The van der Waals surface area contributed by atoms with Gasteiger partial charge in [-0.1, -0.05) is 49.0 Å². The number of allylic oxidation sites excluding steroid dienone is 1. The van der Waals surface area contributed by atoms with Gasteiger partial charge in [-0.05, 0) is 37.6 Å². The Labute approximate surface area is 241 Å². The number of thiazole rings is 1. The summed E-state index contributed by atoms with van der Waals surface area (Å²) >= 11 is 1.14. The molecule has 0 unspecified atom stereocenters. The Balaban J connectivity index is 1.88. The van der Waals surface area contributed by atoms with Gasteiger partial charge < -0.3 is 19.1 Å². The number of rotatable bonds is 9. The first-order chi connectivity index (χ1) is 19.9. The largest absolute Gasteiger partial charge is 0.497 e. The van der Waals surface area contributed by atoms with Crippen LogP contribution < -0.4 is 29.3 Å². The standard InChI is InChI=1S/C31H31N3O6S/c1-6-11-21-25(30(37)40-8-3)26(20-17-18(38-4)14-15-23(20)39-5)34-29(36)27(41-31(34)32-21)24-19-12-9-10-13-22(19)33(16-7-2)28(24)35/h7,9-10,12-15,17,26H,2,6,8,11,16H2,1,3-5H3/b27-24-/t26-/m0/s1. The number of para-hydroxylation sites is 1. The summed E-state index contributed by atoms with van der Waals surface area (Å²) in [5.41, 5.74) is 2.59. The summed E-state index contributed by atoms with van der Waals surface area (Å²) in [4.78, 5) is 48.5. The Hall–Kier alpha value is -4.44. The highest BCUT2D eigenvalue weighted by Crippen LogP contribution is 2.39. The lowest BCUT2D eigenvalue weighted by Crippen LogP contribution is -2.41. The van der Waals surface area contributed by atoms with Crippen LogP contribution in [0.1, 0.15) is 43.9 Å². The highest BCUT2D eigenvalue weighted by atomic mass is 32.1. The molecule has 212 valence electrons. The van der Waals surface area contributed by atoms with Crippen LogP contribution in [0.4, 0.5) is 5.69 Å². The third-order valence-corrected chi connectivity index (χ3v) is 8.11. The second-order valence-corrected chi connectivity index (χ2v) is 10.4. The average Bonchev–Trinajstić information content (AvgIpc) is 3.44. The van der Waals surface area contributed by atoms with Gasteiger partial charge in [0.1, 0.15) is 22.1 Å². The van der Waals surface area contributed by atoms with Crippen molar-refractivity contribution in [3.63, 3.8) is 0 Å². The number of hydrogen-bond donors (Lipinski definition) is 0. The first-order valence-corrected chi connectivity index (χ1v) is 14.2. The van der Waals surface area contributed by atoms with Crippen molar-refractivity contribution in [2.75, 3.05) is 32.3 Å². The number of carbonyl (C=O) groups is 2. The molecule has 5 rings (SSSR count). The molecule has 3 heterocycles. The highest BCUT2D eigenvalue weighted by Gasteiger charge is 2.38. The predicted molar refractivity (Wildman–Crippen MR) is 157 cm³/mol. The van der Waals surface area contributed by atoms with Crippen molar-refractivity contribution in [3.05, 3.63) is 97.2 Å². The van der Waals surface area contributed by atoms with Crippen molar-refractivity contribution in [1.29, 1.82) is 0 Å². The van der Waals surface area contributed by atoms with Gasteiger partial charge in [0, 0.05) is 17.7 Å². The molecule has 10 heteroatoms. The number of nitrogens with zero attached hydrogens (tertiary/aromatic N) is 3. The smallest absolute Gasteiger partial charge is 0.338 e. The summed E-state index contributed by atoms with van der Waals surface area (Å²) in [6.45, 7) is 7.97. The molecule has 1 atom stereocenters. The van der Waals surface area contributed by atoms with Gasteiger partial charge in [0.15, 0.2) is 4.80 Å². The Morgan fingerprint density at radius 1 is 1.12 bits per heavy atom. The normalized spacial score (nSPS) is 17.1. The Kier molecular flexibility index (Phi) is 7.94. The van der Waals surface area contributed by atoms with Gasteiger partial charge in [-0.15, -0.1) is 6.58 Å². The number of methoxy groups -OCH3 is 2. The zero-order chi connectivity index (χ0) is 29.3.